The van der Waals surface area contributed by atoms with Gasteiger partial charge in [0.05, 0.1) is 13.7 Å². The van der Waals surface area contributed by atoms with Crippen LogP contribution in [0.15, 0.2) is 18.2 Å². The number of rotatable bonds is 6. The van der Waals surface area contributed by atoms with Gasteiger partial charge in [-0.25, -0.2) is 0 Å². The second-order valence-electron chi connectivity index (χ2n) is 4.08. The molecule has 1 aromatic carbocycles. The summed E-state index contributed by atoms with van der Waals surface area (Å²) in [6.07, 6.45) is 0.903. The number of hydrogen-bond donors (Lipinski definition) is 1. The zero-order valence-corrected chi connectivity index (χ0v) is 11.4. The molecule has 1 rings (SSSR count). The van der Waals surface area contributed by atoms with Crippen molar-refractivity contribution < 1.29 is 14.3 Å². The molecule has 1 N–H and O–H groups in total. The molecular formula is C14H21NO3. The van der Waals surface area contributed by atoms with Crippen LogP contribution in [0.1, 0.15) is 37.6 Å². The Balaban J connectivity index is 2.89. The van der Waals surface area contributed by atoms with Gasteiger partial charge in [0.2, 0.25) is 0 Å². The van der Waals surface area contributed by atoms with Crippen molar-refractivity contribution in [3.63, 3.8) is 0 Å². The van der Waals surface area contributed by atoms with Crippen molar-refractivity contribution in [1.29, 1.82) is 0 Å². The summed E-state index contributed by atoms with van der Waals surface area (Å²) in [7, 11) is 1.58. The zero-order chi connectivity index (χ0) is 13.5. The zero-order valence-electron chi connectivity index (χ0n) is 11.4. The quantitative estimate of drug-likeness (QED) is 0.845. The van der Waals surface area contributed by atoms with Crippen LogP contribution in [0.3, 0.4) is 0 Å². The fourth-order valence-electron chi connectivity index (χ4n) is 1.50. The Kier molecular flexibility index (Phi) is 5.49. The van der Waals surface area contributed by atoms with Crippen molar-refractivity contribution in [2.45, 2.75) is 33.2 Å². The number of hydrogen-bond acceptors (Lipinski definition) is 3. The van der Waals surface area contributed by atoms with E-state index >= 15 is 0 Å². The molecular weight excluding hydrogens is 230 g/mol. The summed E-state index contributed by atoms with van der Waals surface area (Å²) < 4.78 is 10.6. The highest BCUT2D eigenvalue weighted by Crippen LogP contribution is 2.28. The molecule has 4 heteroatoms. The van der Waals surface area contributed by atoms with Crippen LogP contribution in [0, 0.1) is 0 Å². The number of amides is 1. The van der Waals surface area contributed by atoms with Crippen molar-refractivity contribution in [1.82, 2.24) is 5.32 Å². The molecule has 0 saturated heterocycles. The smallest absolute Gasteiger partial charge is 0.251 e. The summed E-state index contributed by atoms with van der Waals surface area (Å²) in [6.45, 7) is 6.44. The Morgan fingerprint density at radius 2 is 2.06 bits per heavy atom. The normalized spacial score (nSPS) is 11.8. The van der Waals surface area contributed by atoms with E-state index in [9.17, 15) is 4.79 Å². The number of methoxy groups -OCH3 is 1. The average molecular weight is 251 g/mol. The predicted molar refractivity (Wildman–Crippen MR) is 71.4 cm³/mol. The molecule has 1 amide bonds. The molecule has 0 unspecified atom stereocenters. The van der Waals surface area contributed by atoms with Crippen LogP contribution in [0.5, 0.6) is 11.5 Å². The molecule has 0 radical (unpaired) electrons. The molecule has 1 aromatic rings. The standard InChI is InChI=1S/C14H21NO3/c1-5-10(3)15-14(16)11-7-8-12(17-4)13(9-11)18-6-2/h7-10H,5-6H2,1-4H3,(H,15,16)/t10-/m1/s1. The SMILES string of the molecule is CCOc1cc(C(=O)N[C@H](C)CC)ccc1OC. The second kappa shape index (κ2) is 6.89. The molecule has 0 fully saturated rings. The first-order valence-electron chi connectivity index (χ1n) is 6.24. The van der Waals surface area contributed by atoms with Gasteiger partial charge in [0.1, 0.15) is 0 Å². The molecule has 4 nitrogen and oxygen atoms in total. The third-order valence-electron chi connectivity index (χ3n) is 2.72. The maximum atomic E-state index is 12.0. The number of nitrogens with one attached hydrogen (secondary N) is 1. The van der Waals surface area contributed by atoms with E-state index < -0.39 is 0 Å². The predicted octanol–water partition coefficient (Wildman–Crippen LogP) is 2.62. The lowest BCUT2D eigenvalue weighted by Crippen LogP contribution is -2.31. The number of carbonyl (C=O) groups excluding carboxylic acids is 1. The Morgan fingerprint density at radius 3 is 2.61 bits per heavy atom. The van der Waals surface area contributed by atoms with Crippen LogP contribution >= 0.6 is 0 Å². The highest BCUT2D eigenvalue weighted by molar-refractivity contribution is 5.95. The van der Waals surface area contributed by atoms with E-state index in [2.05, 4.69) is 5.32 Å². The van der Waals surface area contributed by atoms with Crippen LogP contribution in [-0.4, -0.2) is 25.7 Å². The van der Waals surface area contributed by atoms with Gasteiger partial charge in [-0.3, -0.25) is 4.79 Å². The van der Waals surface area contributed by atoms with E-state index in [0.717, 1.165) is 6.42 Å². The lowest BCUT2D eigenvalue weighted by atomic mass is 10.1. The van der Waals surface area contributed by atoms with E-state index in [1.807, 2.05) is 20.8 Å². The summed E-state index contributed by atoms with van der Waals surface area (Å²) >= 11 is 0. The van der Waals surface area contributed by atoms with Gasteiger partial charge in [0.15, 0.2) is 11.5 Å². The number of carbonyl (C=O) groups is 1. The summed E-state index contributed by atoms with van der Waals surface area (Å²) in [5.41, 5.74) is 0.583. The Morgan fingerprint density at radius 1 is 1.33 bits per heavy atom. The topological polar surface area (TPSA) is 47.6 Å². The maximum absolute atomic E-state index is 12.0. The van der Waals surface area contributed by atoms with Gasteiger partial charge >= 0.3 is 0 Å². The van der Waals surface area contributed by atoms with E-state index in [0.29, 0.717) is 23.7 Å². The molecule has 1 atom stereocenters. The number of benzene rings is 1. The van der Waals surface area contributed by atoms with E-state index in [-0.39, 0.29) is 11.9 Å². The molecule has 18 heavy (non-hydrogen) atoms. The van der Waals surface area contributed by atoms with Gasteiger partial charge < -0.3 is 14.8 Å². The molecule has 0 spiro atoms. The van der Waals surface area contributed by atoms with E-state index in [4.69, 9.17) is 9.47 Å². The Labute approximate surface area is 108 Å². The van der Waals surface area contributed by atoms with Crippen molar-refractivity contribution in [3.05, 3.63) is 23.8 Å². The third-order valence-corrected chi connectivity index (χ3v) is 2.72. The monoisotopic (exact) mass is 251 g/mol. The lowest BCUT2D eigenvalue weighted by Gasteiger charge is -2.13. The molecule has 0 aliphatic rings. The van der Waals surface area contributed by atoms with Gasteiger partial charge in [-0.05, 0) is 38.5 Å². The molecule has 0 aliphatic carbocycles. The summed E-state index contributed by atoms with van der Waals surface area (Å²) in [5, 5.41) is 2.92. The molecule has 100 valence electrons. The minimum absolute atomic E-state index is 0.0899. The molecule has 0 heterocycles. The molecule has 0 saturated carbocycles. The van der Waals surface area contributed by atoms with Crippen LogP contribution in [0.4, 0.5) is 0 Å². The van der Waals surface area contributed by atoms with Gasteiger partial charge in [-0.1, -0.05) is 6.92 Å². The van der Waals surface area contributed by atoms with Crippen molar-refractivity contribution in [2.24, 2.45) is 0 Å². The van der Waals surface area contributed by atoms with E-state index in [1.165, 1.54) is 0 Å². The van der Waals surface area contributed by atoms with Gasteiger partial charge in [-0.2, -0.15) is 0 Å². The van der Waals surface area contributed by atoms with Crippen LogP contribution in [-0.2, 0) is 0 Å². The first-order chi connectivity index (χ1) is 8.62. The third kappa shape index (κ3) is 3.65. The van der Waals surface area contributed by atoms with Crippen molar-refractivity contribution in [2.75, 3.05) is 13.7 Å². The van der Waals surface area contributed by atoms with Gasteiger partial charge in [0.25, 0.3) is 5.91 Å². The van der Waals surface area contributed by atoms with Crippen LogP contribution in [0.2, 0.25) is 0 Å². The average Bonchev–Trinajstić information content (AvgIpc) is 2.38. The van der Waals surface area contributed by atoms with Gasteiger partial charge in [0, 0.05) is 11.6 Å². The summed E-state index contributed by atoms with van der Waals surface area (Å²) in [4.78, 5) is 12.0. The molecule has 0 aromatic heterocycles. The minimum Gasteiger partial charge on any atom is -0.493 e. The van der Waals surface area contributed by atoms with Crippen LogP contribution < -0.4 is 14.8 Å². The highest BCUT2D eigenvalue weighted by atomic mass is 16.5. The Bertz CT molecular complexity index is 404. The lowest BCUT2D eigenvalue weighted by molar-refractivity contribution is 0.0938. The van der Waals surface area contributed by atoms with Crippen molar-refractivity contribution >= 4 is 5.91 Å². The molecule has 0 bridgehead atoms. The number of ether oxygens (including phenoxy) is 2. The fraction of sp³-hybridized carbons (Fsp3) is 0.500. The van der Waals surface area contributed by atoms with Crippen LogP contribution in [0.25, 0.3) is 0 Å². The largest absolute Gasteiger partial charge is 0.493 e. The first-order valence-corrected chi connectivity index (χ1v) is 6.24. The summed E-state index contributed by atoms with van der Waals surface area (Å²) in [5.74, 6) is 1.14. The Hall–Kier alpha value is -1.71. The second-order valence-corrected chi connectivity index (χ2v) is 4.08. The minimum atomic E-state index is -0.0899. The van der Waals surface area contributed by atoms with Gasteiger partial charge in [-0.15, -0.1) is 0 Å². The van der Waals surface area contributed by atoms with Crippen molar-refractivity contribution in [3.8, 4) is 11.5 Å². The summed E-state index contributed by atoms with van der Waals surface area (Å²) in [6, 6.07) is 5.35. The fourth-order valence-corrected chi connectivity index (χ4v) is 1.50. The molecule has 0 aliphatic heterocycles. The van der Waals surface area contributed by atoms with E-state index in [1.54, 1.807) is 25.3 Å². The maximum Gasteiger partial charge on any atom is 0.251 e. The highest BCUT2D eigenvalue weighted by Gasteiger charge is 2.12. The first kappa shape index (κ1) is 14.4.